The third-order valence-corrected chi connectivity index (χ3v) is 7.68. The highest BCUT2D eigenvalue weighted by Gasteiger charge is 2.22. The number of benzene rings is 3. The number of hydrogen-bond acceptors (Lipinski definition) is 8. The summed E-state index contributed by atoms with van der Waals surface area (Å²) in [5.41, 5.74) is 3.48. The summed E-state index contributed by atoms with van der Waals surface area (Å²) in [6.45, 7) is 9.46. The van der Waals surface area contributed by atoms with Gasteiger partial charge in [0.05, 0.1) is 12.3 Å². The summed E-state index contributed by atoms with van der Waals surface area (Å²) in [7, 11) is 0. The zero-order chi connectivity index (χ0) is 30.0. The van der Waals surface area contributed by atoms with Gasteiger partial charge in [-0.3, -0.25) is 10.2 Å². The van der Waals surface area contributed by atoms with E-state index in [1.165, 1.54) is 0 Å². The van der Waals surface area contributed by atoms with E-state index in [-0.39, 0.29) is 11.8 Å². The third kappa shape index (κ3) is 8.23. The van der Waals surface area contributed by atoms with Crippen molar-refractivity contribution in [3.63, 3.8) is 0 Å². The number of ether oxygens (including phenoxy) is 2. The molecular formula is C32H40N6O5. The van der Waals surface area contributed by atoms with Gasteiger partial charge >= 0.3 is 12.1 Å². The van der Waals surface area contributed by atoms with E-state index < -0.39 is 6.09 Å². The summed E-state index contributed by atoms with van der Waals surface area (Å²) in [6, 6.07) is 22.3. The van der Waals surface area contributed by atoms with Crippen molar-refractivity contribution in [3.05, 3.63) is 72.8 Å². The van der Waals surface area contributed by atoms with E-state index >= 15 is 0 Å². The number of anilines is 4. The molecule has 2 aliphatic rings. The SMILES string of the molecule is CCOc1ccccc1NC(=O)OCCN1CCN(c2cccc(NC(=O)N3CCN(c4ccc(O)cc4)CC3)c2)CC1. The number of aromatic hydroxyl groups is 1. The molecule has 0 saturated carbocycles. The Kier molecular flexibility index (Phi) is 10.1. The molecule has 3 amide bonds. The number of amides is 3. The molecule has 228 valence electrons. The van der Waals surface area contributed by atoms with E-state index in [1.807, 2.05) is 60.4 Å². The van der Waals surface area contributed by atoms with Crippen molar-refractivity contribution >= 4 is 34.9 Å². The Labute approximate surface area is 252 Å². The minimum absolute atomic E-state index is 0.0993. The number of rotatable bonds is 9. The fourth-order valence-corrected chi connectivity index (χ4v) is 5.31. The maximum Gasteiger partial charge on any atom is 0.411 e. The zero-order valence-corrected chi connectivity index (χ0v) is 24.6. The summed E-state index contributed by atoms with van der Waals surface area (Å²) in [6.07, 6.45) is -0.496. The Morgan fingerprint density at radius 1 is 0.791 bits per heavy atom. The van der Waals surface area contributed by atoms with Crippen molar-refractivity contribution < 1.29 is 24.2 Å². The number of piperazine rings is 2. The maximum absolute atomic E-state index is 13.0. The Balaban J connectivity index is 1.02. The predicted molar refractivity (Wildman–Crippen MR) is 169 cm³/mol. The largest absolute Gasteiger partial charge is 0.508 e. The fraction of sp³-hybridized carbons (Fsp3) is 0.375. The van der Waals surface area contributed by atoms with Crippen LogP contribution in [0.15, 0.2) is 72.8 Å². The van der Waals surface area contributed by atoms with E-state index in [2.05, 4.69) is 31.4 Å². The molecule has 0 unspecified atom stereocenters. The molecule has 11 heteroatoms. The van der Waals surface area contributed by atoms with Crippen molar-refractivity contribution in [1.82, 2.24) is 9.80 Å². The molecule has 3 aromatic carbocycles. The molecule has 3 aromatic rings. The number of nitrogens with zero attached hydrogens (tertiary/aromatic N) is 4. The Morgan fingerprint density at radius 3 is 2.23 bits per heavy atom. The van der Waals surface area contributed by atoms with Crippen LogP contribution in [0.3, 0.4) is 0 Å². The lowest BCUT2D eigenvalue weighted by Crippen LogP contribution is -2.50. The van der Waals surface area contributed by atoms with Crippen LogP contribution in [0, 0.1) is 0 Å². The highest BCUT2D eigenvalue weighted by Crippen LogP contribution is 2.25. The van der Waals surface area contributed by atoms with Gasteiger partial charge in [0.15, 0.2) is 0 Å². The monoisotopic (exact) mass is 588 g/mol. The molecule has 0 radical (unpaired) electrons. The zero-order valence-electron chi connectivity index (χ0n) is 24.6. The number of carbonyl (C=O) groups excluding carboxylic acids is 2. The van der Waals surface area contributed by atoms with Crippen LogP contribution in [0.2, 0.25) is 0 Å². The van der Waals surface area contributed by atoms with Gasteiger partial charge in [-0.25, -0.2) is 9.59 Å². The highest BCUT2D eigenvalue weighted by atomic mass is 16.5. The minimum Gasteiger partial charge on any atom is -0.508 e. The Morgan fingerprint density at radius 2 is 1.49 bits per heavy atom. The topological polar surface area (TPSA) is 110 Å². The first kappa shape index (κ1) is 29.8. The van der Waals surface area contributed by atoms with Crippen LogP contribution < -0.4 is 25.2 Å². The normalized spacial score (nSPS) is 15.6. The maximum atomic E-state index is 13.0. The van der Waals surface area contributed by atoms with Gasteiger partial charge < -0.3 is 34.6 Å². The summed E-state index contributed by atoms with van der Waals surface area (Å²) in [5.74, 6) is 0.866. The molecule has 2 aliphatic heterocycles. The number of phenolic OH excluding ortho intramolecular Hbond substituents is 1. The first-order valence-corrected chi connectivity index (χ1v) is 14.8. The number of nitrogens with one attached hydrogen (secondary N) is 2. The van der Waals surface area contributed by atoms with Crippen molar-refractivity contribution in [1.29, 1.82) is 0 Å². The average molecular weight is 589 g/mol. The summed E-state index contributed by atoms with van der Waals surface area (Å²) in [4.78, 5) is 33.9. The van der Waals surface area contributed by atoms with Crippen LogP contribution in [-0.2, 0) is 4.74 Å². The van der Waals surface area contributed by atoms with Crippen LogP contribution in [0.4, 0.5) is 32.3 Å². The van der Waals surface area contributed by atoms with E-state index in [0.29, 0.717) is 44.3 Å². The third-order valence-electron chi connectivity index (χ3n) is 7.68. The number of hydrogen-bond donors (Lipinski definition) is 3. The lowest BCUT2D eigenvalue weighted by atomic mass is 10.2. The van der Waals surface area contributed by atoms with E-state index in [1.54, 1.807) is 18.2 Å². The van der Waals surface area contributed by atoms with E-state index in [0.717, 1.165) is 56.3 Å². The van der Waals surface area contributed by atoms with Crippen molar-refractivity contribution in [2.75, 3.05) is 92.5 Å². The number of para-hydroxylation sites is 2. The minimum atomic E-state index is -0.496. The molecule has 2 fully saturated rings. The van der Waals surface area contributed by atoms with Crippen molar-refractivity contribution in [2.24, 2.45) is 0 Å². The van der Waals surface area contributed by atoms with Gasteiger partial charge in [-0.1, -0.05) is 18.2 Å². The predicted octanol–water partition coefficient (Wildman–Crippen LogP) is 4.52. The van der Waals surface area contributed by atoms with Gasteiger partial charge in [-0.05, 0) is 61.5 Å². The fourth-order valence-electron chi connectivity index (χ4n) is 5.31. The smallest absolute Gasteiger partial charge is 0.411 e. The quantitative estimate of drug-likeness (QED) is 0.335. The molecule has 5 rings (SSSR count). The second kappa shape index (κ2) is 14.5. The Hall–Kier alpha value is -4.64. The molecule has 11 nitrogen and oxygen atoms in total. The summed E-state index contributed by atoms with van der Waals surface area (Å²) < 4.78 is 11.0. The van der Waals surface area contributed by atoms with Gasteiger partial charge in [-0.15, -0.1) is 0 Å². The van der Waals surface area contributed by atoms with Gasteiger partial charge in [0.2, 0.25) is 0 Å². The first-order valence-electron chi connectivity index (χ1n) is 14.8. The highest BCUT2D eigenvalue weighted by molar-refractivity contribution is 5.90. The van der Waals surface area contributed by atoms with Gasteiger partial charge in [0.1, 0.15) is 18.1 Å². The van der Waals surface area contributed by atoms with Crippen LogP contribution >= 0.6 is 0 Å². The lowest BCUT2D eigenvalue weighted by molar-refractivity contribution is 0.137. The Bertz CT molecular complexity index is 1350. The molecule has 3 N–H and O–H groups in total. The van der Waals surface area contributed by atoms with Gasteiger partial charge in [0, 0.05) is 76.0 Å². The van der Waals surface area contributed by atoms with Crippen molar-refractivity contribution in [3.8, 4) is 11.5 Å². The molecule has 0 spiro atoms. The molecule has 2 saturated heterocycles. The first-order chi connectivity index (χ1) is 21.0. The van der Waals surface area contributed by atoms with Gasteiger partial charge in [0.25, 0.3) is 0 Å². The molecule has 2 heterocycles. The summed E-state index contributed by atoms with van der Waals surface area (Å²) >= 11 is 0. The van der Waals surface area contributed by atoms with Crippen LogP contribution in [0.25, 0.3) is 0 Å². The molecule has 0 aliphatic carbocycles. The number of phenols is 1. The van der Waals surface area contributed by atoms with E-state index in [9.17, 15) is 14.7 Å². The molecule has 43 heavy (non-hydrogen) atoms. The second-order valence-electron chi connectivity index (χ2n) is 10.5. The van der Waals surface area contributed by atoms with Crippen LogP contribution in [-0.4, -0.2) is 99.1 Å². The lowest BCUT2D eigenvalue weighted by Gasteiger charge is -2.36. The molecule has 0 aromatic heterocycles. The molecule has 0 atom stereocenters. The van der Waals surface area contributed by atoms with E-state index in [4.69, 9.17) is 9.47 Å². The van der Waals surface area contributed by atoms with Crippen molar-refractivity contribution in [2.45, 2.75) is 6.92 Å². The molecule has 0 bridgehead atoms. The second-order valence-corrected chi connectivity index (χ2v) is 10.5. The average Bonchev–Trinajstić information content (AvgIpc) is 3.03. The van der Waals surface area contributed by atoms with Gasteiger partial charge in [-0.2, -0.15) is 0 Å². The number of carbonyl (C=O) groups is 2. The van der Waals surface area contributed by atoms with Crippen LogP contribution in [0.5, 0.6) is 11.5 Å². The number of urea groups is 1. The van der Waals surface area contributed by atoms with Crippen LogP contribution in [0.1, 0.15) is 6.92 Å². The summed E-state index contributed by atoms with van der Waals surface area (Å²) in [5, 5.41) is 15.3. The standard InChI is InChI=1S/C32H40N6O5/c1-2-42-30-9-4-3-8-29(30)34-32(41)43-23-22-35-14-16-37(17-15-35)27-7-5-6-25(24-27)33-31(40)38-20-18-36(19-21-38)26-10-12-28(39)13-11-26/h3-13,24,39H,2,14-23H2,1H3,(H,33,40)(H,34,41). The molecular weight excluding hydrogens is 548 g/mol.